The summed E-state index contributed by atoms with van der Waals surface area (Å²) in [4.78, 5) is 15.6. The lowest BCUT2D eigenvalue weighted by molar-refractivity contribution is 0.786. The van der Waals surface area contributed by atoms with Gasteiger partial charge in [0.1, 0.15) is 0 Å². The Hall–Kier alpha value is -6.65. The first kappa shape index (κ1) is 28.2. The Bertz CT molecular complexity index is 2760. The largest absolute Gasteiger partial charge is 0.277 e. The van der Waals surface area contributed by atoms with Crippen LogP contribution in [0.3, 0.4) is 0 Å². The summed E-state index contributed by atoms with van der Waals surface area (Å²) in [6.45, 7) is 0. The van der Waals surface area contributed by atoms with E-state index >= 15 is 0 Å². The van der Waals surface area contributed by atoms with Crippen molar-refractivity contribution >= 4 is 27.4 Å². The Balaban J connectivity index is 1.30. The molecule has 0 amide bonds. The number of allylic oxidation sites excluding steroid dienone is 6. The summed E-state index contributed by atoms with van der Waals surface area (Å²) in [7, 11) is 0. The van der Waals surface area contributed by atoms with Gasteiger partial charge in [-0.3, -0.25) is 4.57 Å². The van der Waals surface area contributed by atoms with Crippen molar-refractivity contribution in [3.63, 3.8) is 0 Å². The molecule has 6 aromatic carbocycles. The Labute approximate surface area is 295 Å². The SMILES string of the molecule is C1=CC2=C(C=CC1)C1(c3ccccc32)c2ccccc2-c2c1ccc1c3ccccc3n(-c3nc(-c4ccccc4)nc(-c4ccccc4)n3)c21. The minimum Gasteiger partial charge on any atom is -0.277 e. The number of hydrogen-bond donors (Lipinski definition) is 0. The molecule has 51 heavy (non-hydrogen) atoms. The lowest BCUT2D eigenvalue weighted by Crippen LogP contribution is -2.26. The topological polar surface area (TPSA) is 43.6 Å². The summed E-state index contributed by atoms with van der Waals surface area (Å²) in [5.74, 6) is 1.89. The first-order valence-corrected chi connectivity index (χ1v) is 17.5. The molecule has 4 nitrogen and oxygen atoms in total. The van der Waals surface area contributed by atoms with Crippen molar-refractivity contribution < 1.29 is 0 Å². The predicted molar refractivity (Wildman–Crippen MR) is 207 cm³/mol. The van der Waals surface area contributed by atoms with Gasteiger partial charge in [-0.1, -0.05) is 164 Å². The second-order valence-electron chi connectivity index (χ2n) is 13.5. The minimum absolute atomic E-state index is 0.456. The van der Waals surface area contributed by atoms with E-state index in [0.717, 1.165) is 28.6 Å². The molecule has 0 N–H and O–H groups in total. The van der Waals surface area contributed by atoms with Gasteiger partial charge in [-0.2, -0.15) is 9.97 Å². The molecule has 0 saturated carbocycles. The Kier molecular flexibility index (Phi) is 5.90. The lowest BCUT2D eigenvalue weighted by atomic mass is 9.69. The van der Waals surface area contributed by atoms with E-state index in [9.17, 15) is 0 Å². The summed E-state index contributed by atoms with van der Waals surface area (Å²) >= 11 is 0. The number of rotatable bonds is 3. The molecule has 1 spiro atoms. The van der Waals surface area contributed by atoms with Crippen molar-refractivity contribution in [3.05, 3.63) is 198 Å². The molecule has 8 aromatic rings. The molecule has 0 radical (unpaired) electrons. The molecule has 0 fully saturated rings. The Morgan fingerprint density at radius 2 is 1.10 bits per heavy atom. The third kappa shape index (κ3) is 3.82. The molecule has 11 rings (SSSR count). The van der Waals surface area contributed by atoms with Crippen LogP contribution in [-0.2, 0) is 5.41 Å². The van der Waals surface area contributed by atoms with Crippen molar-refractivity contribution in [2.75, 3.05) is 0 Å². The molecule has 0 aliphatic heterocycles. The van der Waals surface area contributed by atoms with Crippen LogP contribution in [-0.4, -0.2) is 19.5 Å². The van der Waals surface area contributed by atoms with Gasteiger partial charge in [-0.25, -0.2) is 4.98 Å². The zero-order chi connectivity index (χ0) is 33.5. The molecule has 1 unspecified atom stereocenters. The van der Waals surface area contributed by atoms with Crippen LogP contribution in [0.4, 0.5) is 0 Å². The van der Waals surface area contributed by atoms with E-state index in [1.807, 2.05) is 36.4 Å². The molecular weight excluding hydrogens is 621 g/mol. The van der Waals surface area contributed by atoms with Crippen molar-refractivity contribution in [2.45, 2.75) is 11.8 Å². The average molecular weight is 651 g/mol. The summed E-state index contributed by atoms with van der Waals surface area (Å²) < 4.78 is 2.29. The second kappa shape index (κ2) is 10.7. The minimum atomic E-state index is -0.456. The van der Waals surface area contributed by atoms with Crippen LogP contribution in [0.1, 0.15) is 28.7 Å². The first-order valence-electron chi connectivity index (χ1n) is 17.5. The molecule has 0 bridgehead atoms. The molecular formula is C47H30N4. The lowest BCUT2D eigenvalue weighted by Gasteiger charge is -2.31. The van der Waals surface area contributed by atoms with Gasteiger partial charge in [-0.05, 0) is 51.5 Å². The van der Waals surface area contributed by atoms with Crippen LogP contribution in [0.5, 0.6) is 0 Å². The fraction of sp³-hybridized carbons (Fsp3) is 0.0426. The summed E-state index contributed by atoms with van der Waals surface area (Å²) in [6, 6.07) is 51.8. The van der Waals surface area contributed by atoms with Gasteiger partial charge in [0.05, 0.1) is 16.4 Å². The maximum Gasteiger partial charge on any atom is 0.238 e. The van der Waals surface area contributed by atoms with Crippen LogP contribution in [0.2, 0.25) is 0 Å². The van der Waals surface area contributed by atoms with Crippen molar-refractivity contribution in [1.29, 1.82) is 0 Å². The zero-order valence-electron chi connectivity index (χ0n) is 27.7. The molecule has 4 heteroatoms. The molecule has 3 aliphatic rings. The molecule has 238 valence electrons. The van der Waals surface area contributed by atoms with Gasteiger partial charge in [0, 0.05) is 27.5 Å². The third-order valence-corrected chi connectivity index (χ3v) is 10.9. The number of aromatic nitrogens is 4. The quantitative estimate of drug-likeness (QED) is 0.191. The molecule has 2 aromatic heterocycles. The second-order valence-corrected chi connectivity index (χ2v) is 13.5. The number of para-hydroxylation sites is 1. The van der Waals surface area contributed by atoms with Crippen molar-refractivity contribution in [2.24, 2.45) is 0 Å². The van der Waals surface area contributed by atoms with E-state index in [4.69, 9.17) is 15.0 Å². The van der Waals surface area contributed by atoms with Crippen LogP contribution in [0, 0.1) is 0 Å². The van der Waals surface area contributed by atoms with Gasteiger partial charge in [0.15, 0.2) is 11.6 Å². The molecule has 2 heterocycles. The van der Waals surface area contributed by atoms with Crippen LogP contribution in [0.25, 0.3) is 67.2 Å². The molecule has 3 aliphatic carbocycles. The number of nitrogens with zero attached hydrogens (tertiary/aromatic N) is 4. The Morgan fingerprint density at radius 3 is 1.84 bits per heavy atom. The van der Waals surface area contributed by atoms with Gasteiger partial charge in [0.2, 0.25) is 5.95 Å². The normalized spacial score (nSPS) is 16.8. The Morgan fingerprint density at radius 1 is 0.490 bits per heavy atom. The number of benzene rings is 6. The summed E-state index contributed by atoms with van der Waals surface area (Å²) in [5.41, 5.74) is 14.0. The van der Waals surface area contributed by atoms with E-state index < -0.39 is 5.41 Å². The van der Waals surface area contributed by atoms with E-state index in [2.05, 4.69) is 138 Å². The third-order valence-electron chi connectivity index (χ3n) is 10.9. The van der Waals surface area contributed by atoms with Crippen molar-refractivity contribution in [1.82, 2.24) is 19.5 Å². The highest BCUT2D eigenvalue weighted by molar-refractivity contribution is 6.16. The maximum absolute atomic E-state index is 5.27. The van der Waals surface area contributed by atoms with Gasteiger partial charge < -0.3 is 0 Å². The van der Waals surface area contributed by atoms with Crippen LogP contribution in [0.15, 0.2) is 175 Å². The average Bonchev–Trinajstić information content (AvgIpc) is 3.70. The predicted octanol–water partition coefficient (Wildman–Crippen LogP) is 10.9. The smallest absolute Gasteiger partial charge is 0.238 e. The first-order chi connectivity index (χ1) is 25.3. The fourth-order valence-corrected chi connectivity index (χ4v) is 8.88. The monoisotopic (exact) mass is 650 g/mol. The highest BCUT2D eigenvalue weighted by Gasteiger charge is 2.52. The summed E-state index contributed by atoms with van der Waals surface area (Å²) in [5, 5.41) is 2.34. The highest BCUT2D eigenvalue weighted by atomic mass is 15.2. The standard InChI is InChI=1S/C47H30N4/c1-4-16-30(17-5-1)44-48-45(31-18-6-2-7-19-31)50-46(49-44)51-41-27-15-12-22-34(41)35-28-29-40-42(43(35)51)36-23-11-14-26-39(36)47(40)37-24-9-3-8-20-32(37)33-21-10-13-25-38(33)47/h1-2,4-29H,3H2. The van der Waals surface area contributed by atoms with Crippen LogP contribution >= 0.6 is 0 Å². The van der Waals surface area contributed by atoms with E-state index in [0.29, 0.717) is 17.6 Å². The summed E-state index contributed by atoms with van der Waals surface area (Å²) in [6.07, 6.45) is 10.2. The van der Waals surface area contributed by atoms with Crippen molar-refractivity contribution in [3.8, 4) is 39.9 Å². The van der Waals surface area contributed by atoms with E-state index in [-0.39, 0.29) is 0 Å². The molecule has 0 saturated heterocycles. The van der Waals surface area contributed by atoms with E-state index in [1.165, 1.54) is 55.3 Å². The zero-order valence-corrected chi connectivity index (χ0v) is 27.7. The van der Waals surface area contributed by atoms with Gasteiger partial charge in [-0.15, -0.1) is 0 Å². The van der Waals surface area contributed by atoms with Gasteiger partial charge in [0.25, 0.3) is 0 Å². The number of fused-ring (bicyclic) bond motifs is 13. The molecule has 1 atom stereocenters. The van der Waals surface area contributed by atoms with Gasteiger partial charge >= 0.3 is 0 Å². The highest BCUT2D eigenvalue weighted by Crippen LogP contribution is 2.64. The van der Waals surface area contributed by atoms with E-state index in [1.54, 1.807) is 0 Å². The maximum atomic E-state index is 5.27. The number of hydrogen-bond acceptors (Lipinski definition) is 3. The van der Waals surface area contributed by atoms with Crippen LogP contribution < -0.4 is 0 Å². The fourth-order valence-electron chi connectivity index (χ4n) is 8.88.